The molecule has 0 aliphatic carbocycles. The van der Waals surface area contributed by atoms with Gasteiger partial charge in [0.2, 0.25) is 0 Å². The van der Waals surface area contributed by atoms with Crippen LogP contribution in [0.25, 0.3) is 0 Å². The number of nitrogens with zero attached hydrogens (tertiary/aromatic N) is 2. The third kappa shape index (κ3) is 3.68. The van der Waals surface area contributed by atoms with Gasteiger partial charge in [0.1, 0.15) is 0 Å². The van der Waals surface area contributed by atoms with E-state index in [0.29, 0.717) is 19.2 Å². The third-order valence-electron chi connectivity index (χ3n) is 2.83. The fraction of sp³-hybridized carbons (Fsp3) is 0.900. The number of rotatable bonds is 3. The molecule has 0 bridgehead atoms. The van der Waals surface area contributed by atoms with E-state index in [1.54, 1.807) is 7.11 Å². The highest BCUT2D eigenvalue weighted by atomic mass is 16.5. The van der Waals surface area contributed by atoms with Crippen molar-refractivity contribution in [1.82, 2.24) is 15.1 Å². The lowest BCUT2D eigenvalue weighted by Crippen LogP contribution is -2.54. The highest BCUT2D eigenvalue weighted by molar-refractivity contribution is 5.74. The number of hydrogen-bond acceptors (Lipinski definition) is 3. The maximum absolute atomic E-state index is 11.7. The summed E-state index contributed by atoms with van der Waals surface area (Å²) in [6, 6.07) is 0.457. The van der Waals surface area contributed by atoms with Gasteiger partial charge in [-0.05, 0) is 14.0 Å². The SMILES string of the molecule is COCCNC(=O)N1CCN(C)C(C)C1. The average Bonchev–Trinajstić information content (AvgIpc) is 2.22. The first-order chi connectivity index (χ1) is 7.15. The lowest BCUT2D eigenvalue weighted by Gasteiger charge is -2.37. The zero-order chi connectivity index (χ0) is 11.3. The summed E-state index contributed by atoms with van der Waals surface area (Å²) in [6.45, 7) is 5.83. The number of piperazine rings is 1. The van der Waals surface area contributed by atoms with Crippen LogP contribution >= 0.6 is 0 Å². The number of amides is 2. The van der Waals surface area contributed by atoms with Crippen molar-refractivity contribution in [1.29, 1.82) is 0 Å². The molecule has 1 atom stereocenters. The van der Waals surface area contributed by atoms with Crippen molar-refractivity contribution in [2.24, 2.45) is 0 Å². The quantitative estimate of drug-likeness (QED) is 0.673. The fourth-order valence-electron chi connectivity index (χ4n) is 1.60. The van der Waals surface area contributed by atoms with E-state index in [1.165, 1.54) is 0 Å². The van der Waals surface area contributed by atoms with E-state index in [-0.39, 0.29) is 6.03 Å². The molecule has 5 nitrogen and oxygen atoms in total. The van der Waals surface area contributed by atoms with Crippen molar-refractivity contribution in [2.75, 3.05) is 46.9 Å². The molecule has 1 rings (SSSR count). The van der Waals surface area contributed by atoms with Gasteiger partial charge in [-0.2, -0.15) is 0 Å². The Morgan fingerprint density at radius 3 is 2.87 bits per heavy atom. The monoisotopic (exact) mass is 215 g/mol. The first kappa shape index (κ1) is 12.3. The molecular weight excluding hydrogens is 194 g/mol. The molecule has 1 aliphatic heterocycles. The Morgan fingerprint density at radius 1 is 1.53 bits per heavy atom. The van der Waals surface area contributed by atoms with Crippen molar-refractivity contribution in [3.05, 3.63) is 0 Å². The standard InChI is InChI=1S/C10H21N3O2/c1-9-8-13(6-5-12(9)2)10(14)11-4-7-15-3/h9H,4-8H2,1-3H3,(H,11,14). The van der Waals surface area contributed by atoms with Crippen molar-refractivity contribution in [2.45, 2.75) is 13.0 Å². The maximum Gasteiger partial charge on any atom is 0.317 e. The minimum atomic E-state index is 0.0204. The van der Waals surface area contributed by atoms with Crippen LogP contribution in [0.1, 0.15) is 6.92 Å². The highest BCUT2D eigenvalue weighted by Gasteiger charge is 2.23. The first-order valence-electron chi connectivity index (χ1n) is 5.37. The van der Waals surface area contributed by atoms with Crippen LogP contribution in [0.15, 0.2) is 0 Å². The van der Waals surface area contributed by atoms with Gasteiger partial charge >= 0.3 is 6.03 Å². The summed E-state index contributed by atoms with van der Waals surface area (Å²) >= 11 is 0. The minimum Gasteiger partial charge on any atom is -0.383 e. The van der Waals surface area contributed by atoms with Crippen LogP contribution in [0, 0.1) is 0 Å². The van der Waals surface area contributed by atoms with E-state index in [4.69, 9.17) is 4.74 Å². The Labute approximate surface area is 91.4 Å². The fourth-order valence-corrected chi connectivity index (χ4v) is 1.60. The Hall–Kier alpha value is -0.810. The largest absolute Gasteiger partial charge is 0.383 e. The molecule has 1 N–H and O–H groups in total. The number of ether oxygens (including phenoxy) is 1. The van der Waals surface area contributed by atoms with Crippen molar-refractivity contribution < 1.29 is 9.53 Å². The topological polar surface area (TPSA) is 44.8 Å². The van der Waals surface area contributed by atoms with Gasteiger partial charge < -0.3 is 19.9 Å². The first-order valence-corrected chi connectivity index (χ1v) is 5.37. The lowest BCUT2D eigenvalue weighted by molar-refractivity contribution is 0.116. The smallest absolute Gasteiger partial charge is 0.317 e. The molecule has 1 saturated heterocycles. The Kier molecular flexibility index (Phi) is 4.84. The van der Waals surface area contributed by atoms with Gasteiger partial charge in [-0.3, -0.25) is 0 Å². The molecule has 0 aromatic heterocycles. The second kappa shape index (κ2) is 5.92. The summed E-state index contributed by atoms with van der Waals surface area (Å²) < 4.78 is 4.88. The summed E-state index contributed by atoms with van der Waals surface area (Å²) in [5.74, 6) is 0. The third-order valence-corrected chi connectivity index (χ3v) is 2.83. The van der Waals surface area contributed by atoms with Crippen molar-refractivity contribution in [3.8, 4) is 0 Å². The van der Waals surface area contributed by atoms with Crippen molar-refractivity contribution in [3.63, 3.8) is 0 Å². The molecule has 0 aromatic rings. The Morgan fingerprint density at radius 2 is 2.27 bits per heavy atom. The number of methoxy groups -OCH3 is 1. The second-order valence-corrected chi connectivity index (χ2v) is 4.00. The zero-order valence-corrected chi connectivity index (χ0v) is 9.82. The van der Waals surface area contributed by atoms with Crippen LogP contribution in [0.3, 0.4) is 0 Å². The molecule has 1 aliphatic rings. The molecule has 1 fully saturated rings. The molecular formula is C10H21N3O2. The van der Waals surface area contributed by atoms with E-state index in [2.05, 4.69) is 24.2 Å². The van der Waals surface area contributed by atoms with E-state index in [1.807, 2.05) is 4.90 Å². The average molecular weight is 215 g/mol. The zero-order valence-electron chi connectivity index (χ0n) is 9.82. The Bertz CT molecular complexity index is 211. The minimum absolute atomic E-state index is 0.0204. The van der Waals surface area contributed by atoms with Gasteiger partial charge in [0, 0.05) is 39.3 Å². The predicted octanol–water partition coefficient (Wildman–Crippen LogP) is -0.0217. The molecule has 1 heterocycles. The number of carbonyl (C=O) groups is 1. The van der Waals surface area contributed by atoms with Gasteiger partial charge in [0.05, 0.1) is 6.61 Å². The van der Waals surface area contributed by atoms with Gasteiger partial charge in [0.15, 0.2) is 0 Å². The second-order valence-electron chi connectivity index (χ2n) is 4.00. The number of nitrogens with one attached hydrogen (secondary N) is 1. The van der Waals surface area contributed by atoms with Gasteiger partial charge in [-0.15, -0.1) is 0 Å². The summed E-state index contributed by atoms with van der Waals surface area (Å²) in [7, 11) is 3.72. The molecule has 0 radical (unpaired) electrons. The number of likely N-dealkylation sites (N-methyl/N-ethyl adjacent to an activating group) is 1. The summed E-state index contributed by atoms with van der Waals surface area (Å²) in [5.41, 5.74) is 0. The molecule has 0 saturated carbocycles. The van der Waals surface area contributed by atoms with Gasteiger partial charge in [-0.1, -0.05) is 0 Å². The summed E-state index contributed by atoms with van der Waals surface area (Å²) in [4.78, 5) is 15.8. The van der Waals surface area contributed by atoms with Crippen molar-refractivity contribution >= 4 is 6.03 Å². The van der Waals surface area contributed by atoms with E-state index >= 15 is 0 Å². The number of carbonyl (C=O) groups excluding carboxylic acids is 1. The van der Waals surface area contributed by atoms with Crippen LogP contribution in [-0.2, 0) is 4.74 Å². The lowest BCUT2D eigenvalue weighted by atomic mass is 10.2. The number of urea groups is 1. The summed E-state index contributed by atoms with van der Waals surface area (Å²) in [5, 5.41) is 2.83. The normalized spacial score (nSPS) is 22.9. The van der Waals surface area contributed by atoms with E-state index in [0.717, 1.165) is 19.6 Å². The van der Waals surface area contributed by atoms with E-state index < -0.39 is 0 Å². The number of hydrogen-bond donors (Lipinski definition) is 1. The molecule has 15 heavy (non-hydrogen) atoms. The molecule has 0 spiro atoms. The van der Waals surface area contributed by atoms with Crippen LogP contribution in [-0.4, -0.2) is 68.8 Å². The van der Waals surface area contributed by atoms with Crippen LogP contribution in [0.2, 0.25) is 0 Å². The summed E-state index contributed by atoms with van der Waals surface area (Å²) in [6.07, 6.45) is 0. The maximum atomic E-state index is 11.7. The molecule has 5 heteroatoms. The molecule has 0 aromatic carbocycles. The van der Waals surface area contributed by atoms with Crippen LogP contribution < -0.4 is 5.32 Å². The van der Waals surface area contributed by atoms with Gasteiger partial charge in [0.25, 0.3) is 0 Å². The van der Waals surface area contributed by atoms with Gasteiger partial charge in [-0.25, -0.2) is 4.79 Å². The molecule has 1 unspecified atom stereocenters. The predicted molar refractivity (Wildman–Crippen MR) is 58.9 cm³/mol. The van der Waals surface area contributed by atoms with Crippen LogP contribution in [0.4, 0.5) is 4.79 Å². The Balaban J connectivity index is 2.28. The van der Waals surface area contributed by atoms with Crippen LogP contribution in [0.5, 0.6) is 0 Å². The molecule has 2 amide bonds. The molecule has 88 valence electrons. The highest BCUT2D eigenvalue weighted by Crippen LogP contribution is 2.06. The van der Waals surface area contributed by atoms with E-state index in [9.17, 15) is 4.79 Å².